The number of nitrogens with zero attached hydrogens (tertiary/aromatic N) is 3. The van der Waals surface area contributed by atoms with Crippen molar-refractivity contribution < 1.29 is 4.79 Å². The maximum atomic E-state index is 12.4. The lowest BCUT2D eigenvalue weighted by Gasteiger charge is -2.25. The predicted molar refractivity (Wildman–Crippen MR) is 80.7 cm³/mol. The molecule has 0 aliphatic carbocycles. The summed E-state index contributed by atoms with van der Waals surface area (Å²) in [5.74, 6) is 0.804. The summed E-state index contributed by atoms with van der Waals surface area (Å²) < 4.78 is 0. The number of likely N-dealkylation sites (N-methyl/N-ethyl adjacent to an activating group) is 1. The second-order valence-corrected chi connectivity index (χ2v) is 6.70. The van der Waals surface area contributed by atoms with Crippen LogP contribution in [0.5, 0.6) is 0 Å². The van der Waals surface area contributed by atoms with Gasteiger partial charge in [0.05, 0.1) is 5.75 Å². The highest BCUT2D eigenvalue weighted by molar-refractivity contribution is 8.00. The molecule has 5 heteroatoms. The van der Waals surface area contributed by atoms with Crippen molar-refractivity contribution in [2.75, 3.05) is 25.9 Å². The Hall–Kier alpha value is -1.07. The molecule has 2 fully saturated rings. The first-order valence-electron chi connectivity index (χ1n) is 7.26. The molecule has 3 rings (SSSR count). The average molecular weight is 291 g/mol. The summed E-state index contributed by atoms with van der Waals surface area (Å²) in [6, 6.07) is 5.16. The van der Waals surface area contributed by atoms with Gasteiger partial charge in [-0.3, -0.25) is 14.7 Å². The molecule has 108 valence electrons. The van der Waals surface area contributed by atoms with Gasteiger partial charge in [-0.05, 0) is 38.4 Å². The molecule has 0 unspecified atom stereocenters. The van der Waals surface area contributed by atoms with E-state index in [1.165, 1.54) is 12.8 Å². The van der Waals surface area contributed by atoms with Crippen LogP contribution in [0.15, 0.2) is 29.4 Å². The Balaban J connectivity index is 1.55. The van der Waals surface area contributed by atoms with E-state index in [1.54, 1.807) is 24.2 Å². The van der Waals surface area contributed by atoms with Crippen molar-refractivity contribution in [2.24, 2.45) is 0 Å². The van der Waals surface area contributed by atoms with Gasteiger partial charge in [0.2, 0.25) is 5.91 Å². The largest absolute Gasteiger partial charge is 0.340 e. The molecule has 1 aromatic rings. The number of hydrogen-bond acceptors (Lipinski definition) is 4. The van der Waals surface area contributed by atoms with E-state index in [2.05, 4.69) is 21.8 Å². The molecular weight excluding hydrogens is 270 g/mol. The van der Waals surface area contributed by atoms with Gasteiger partial charge in [-0.15, -0.1) is 11.8 Å². The first-order valence-corrected chi connectivity index (χ1v) is 8.25. The van der Waals surface area contributed by atoms with Crippen LogP contribution in [0.2, 0.25) is 0 Å². The molecule has 0 spiro atoms. The molecule has 1 aromatic heterocycles. The van der Waals surface area contributed by atoms with E-state index in [0.29, 0.717) is 17.8 Å². The van der Waals surface area contributed by atoms with Crippen molar-refractivity contribution in [2.45, 2.75) is 36.2 Å². The van der Waals surface area contributed by atoms with E-state index < -0.39 is 0 Å². The van der Waals surface area contributed by atoms with E-state index in [-0.39, 0.29) is 5.91 Å². The minimum absolute atomic E-state index is 0.271. The molecule has 0 saturated carbocycles. The fourth-order valence-electron chi connectivity index (χ4n) is 3.21. The van der Waals surface area contributed by atoms with Crippen molar-refractivity contribution in [3.8, 4) is 0 Å². The van der Waals surface area contributed by atoms with E-state index in [1.807, 2.05) is 12.1 Å². The zero-order valence-electron chi connectivity index (χ0n) is 11.9. The SMILES string of the molecule is CN1[C@H]2CC[C@@H]1CN(C(=O)CSc1ccncc1)CC2. The molecule has 2 aliphatic rings. The van der Waals surface area contributed by atoms with Crippen LogP contribution in [-0.2, 0) is 4.79 Å². The number of aromatic nitrogens is 1. The van der Waals surface area contributed by atoms with Crippen molar-refractivity contribution in [3.63, 3.8) is 0 Å². The van der Waals surface area contributed by atoms with Gasteiger partial charge in [0.15, 0.2) is 0 Å². The lowest BCUT2D eigenvalue weighted by molar-refractivity contribution is -0.128. The number of carbonyl (C=O) groups is 1. The van der Waals surface area contributed by atoms with Crippen LogP contribution in [0.4, 0.5) is 0 Å². The molecule has 0 aromatic carbocycles. The third kappa shape index (κ3) is 2.99. The van der Waals surface area contributed by atoms with Crippen molar-refractivity contribution in [1.82, 2.24) is 14.8 Å². The van der Waals surface area contributed by atoms with Crippen molar-refractivity contribution >= 4 is 17.7 Å². The highest BCUT2D eigenvalue weighted by atomic mass is 32.2. The molecule has 2 aliphatic heterocycles. The highest BCUT2D eigenvalue weighted by Crippen LogP contribution is 2.29. The van der Waals surface area contributed by atoms with Crippen LogP contribution >= 0.6 is 11.8 Å². The Kier molecular flexibility index (Phi) is 4.27. The van der Waals surface area contributed by atoms with E-state index in [4.69, 9.17) is 0 Å². The summed E-state index contributed by atoms with van der Waals surface area (Å²) in [5, 5.41) is 0. The molecule has 3 heterocycles. The van der Waals surface area contributed by atoms with Gasteiger partial charge in [-0.2, -0.15) is 0 Å². The zero-order valence-corrected chi connectivity index (χ0v) is 12.7. The minimum atomic E-state index is 0.271. The van der Waals surface area contributed by atoms with Crippen molar-refractivity contribution in [3.05, 3.63) is 24.5 Å². The number of hydrogen-bond donors (Lipinski definition) is 0. The fraction of sp³-hybridized carbons (Fsp3) is 0.600. The van der Waals surface area contributed by atoms with Gasteiger partial charge >= 0.3 is 0 Å². The number of pyridine rings is 1. The first kappa shape index (κ1) is 13.9. The first-order chi connectivity index (χ1) is 9.74. The monoisotopic (exact) mass is 291 g/mol. The third-order valence-electron chi connectivity index (χ3n) is 4.51. The molecule has 2 bridgehead atoms. The van der Waals surface area contributed by atoms with Crippen molar-refractivity contribution in [1.29, 1.82) is 0 Å². The lowest BCUT2D eigenvalue weighted by Crippen LogP contribution is -2.40. The molecule has 2 saturated heterocycles. The summed E-state index contributed by atoms with van der Waals surface area (Å²) in [6.07, 6.45) is 7.20. The van der Waals surface area contributed by atoms with Crippen LogP contribution in [0.1, 0.15) is 19.3 Å². The maximum Gasteiger partial charge on any atom is 0.232 e. The number of amides is 1. The summed E-state index contributed by atoms with van der Waals surface area (Å²) in [6.45, 7) is 1.82. The normalized spacial score (nSPS) is 26.6. The standard InChI is InChI=1S/C15H21N3OS/c1-17-12-2-3-13(17)10-18(9-6-12)15(19)11-20-14-4-7-16-8-5-14/h4-5,7-8,12-13H,2-3,6,9-11H2,1H3/t12-,13+/m0/s1. The maximum absolute atomic E-state index is 12.4. The Labute approximate surface area is 124 Å². The Bertz CT molecular complexity index is 467. The van der Waals surface area contributed by atoms with Gasteiger partial charge < -0.3 is 4.90 Å². The van der Waals surface area contributed by atoms with Crippen LogP contribution in [0.3, 0.4) is 0 Å². The fourth-order valence-corrected chi connectivity index (χ4v) is 3.99. The van der Waals surface area contributed by atoms with Gasteiger partial charge in [0, 0.05) is 42.5 Å². The average Bonchev–Trinajstić information content (AvgIpc) is 2.71. The smallest absolute Gasteiger partial charge is 0.232 e. The molecule has 0 N–H and O–H groups in total. The molecule has 0 radical (unpaired) electrons. The second-order valence-electron chi connectivity index (χ2n) is 5.65. The summed E-state index contributed by atoms with van der Waals surface area (Å²) in [7, 11) is 2.21. The topological polar surface area (TPSA) is 36.4 Å². The number of fused-ring (bicyclic) bond motifs is 2. The van der Waals surface area contributed by atoms with E-state index >= 15 is 0 Å². The summed E-state index contributed by atoms with van der Waals surface area (Å²) in [4.78, 5) is 22.0. The highest BCUT2D eigenvalue weighted by Gasteiger charge is 2.35. The van der Waals surface area contributed by atoms with Crippen LogP contribution in [-0.4, -0.2) is 58.7 Å². The third-order valence-corrected chi connectivity index (χ3v) is 5.51. The van der Waals surface area contributed by atoms with Crippen LogP contribution in [0.25, 0.3) is 0 Å². The Morgan fingerprint density at radius 2 is 2.05 bits per heavy atom. The zero-order chi connectivity index (χ0) is 13.9. The Morgan fingerprint density at radius 1 is 1.30 bits per heavy atom. The molecule has 20 heavy (non-hydrogen) atoms. The van der Waals surface area contributed by atoms with E-state index in [9.17, 15) is 4.79 Å². The van der Waals surface area contributed by atoms with Gasteiger partial charge in [-0.1, -0.05) is 0 Å². The Morgan fingerprint density at radius 3 is 2.85 bits per heavy atom. The summed E-state index contributed by atoms with van der Waals surface area (Å²) >= 11 is 1.61. The van der Waals surface area contributed by atoms with E-state index in [0.717, 1.165) is 24.4 Å². The number of carbonyl (C=O) groups excluding carboxylic acids is 1. The van der Waals surface area contributed by atoms with Gasteiger partial charge in [-0.25, -0.2) is 0 Å². The van der Waals surface area contributed by atoms with Gasteiger partial charge in [0.1, 0.15) is 0 Å². The predicted octanol–water partition coefficient (Wildman–Crippen LogP) is 1.87. The minimum Gasteiger partial charge on any atom is -0.340 e. The number of likely N-dealkylation sites (tertiary alicyclic amines) is 1. The summed E-state index contributed by atoms with van der Waals surface area (Å²) in [5.41, 5.74) is 0. The molecule has 4 nitrogen and oxygen atoms in total. The lowest BCUT2D eigenvalue weighted by atomic mass is 10.1. The number of thioether (sulfide) groups is 1. The quantitative estimate of drug-likeness (QED) is 0.797. The molecular formula is C15H21N3OS. The molecule has 2 atom stereocenters. The van der Waals surface area contributed by atoms with Crippen LogP contribution in [0, 0.1) is 0 Å². The second kappa shape index (κ2) is 6.14. The molecule has 1 amide bonds. The van der Waals surface area contributed by atoms with Crippen LogP contribution < -0.4 is 0 Å². The number of rotatable bonds is 3. The van der Waals surface area contributed by atoms with Gasteiger partial charge in [0.25, 0.3) is 0 Å².